The fraction of sp³-hybridized carbons (Fsp3) is 0.154. The number of benzene rings is 1. The van der Waals surface area contributed by atoms with E-state index < -0.39 is 0 Å². The molecule has 0 aliphatic rings. The van der Waals surface area contributed by atoms with E-state index in [0.29, 0.717) is 21.5 Å². The third kappa shape index (κ3) is 2.40. The first-order valence-corrected chi connectivity index (χ1v) is 6.98. The van der Waals surface area contributed by atoms with Gasteiger partial charge in [-0.05, 0) is 12.1 Å². The average Bonchev–Trinajstić information content (AvgIpc) is 3.01. The van der Waals surface area contributed by atoms with Gasteiger partial charge in [0.15, 0.2) is 10.8 Å². The first kappa shape index (κ1) is 13.4. The Hall–Kier alpha value is -2.61. The van der Waals surface area contributed by atoms with Gasteiger partial charge in [-0.1, -0.05) is 23.5 Å². The molecule has 3 rings (SSSR count). The second-order valence-electron chi connectivity index (χ2n) is 4.37. The van der Waals surface area contributed by atoms with Crippen molar-refractivity contribution in [3.8, 4) is 10.8 Å². The number of imidazole rings is 1. The first-order valence-electron chi connectivity index (χ1n) is 6.16. The van der Waals surface area contributed by atoms with Crippen LogP contribution in [-0.2, 0) is 4.79 Å². The number of amides is 1. The van der Waals surface area contributed by atoms with E-state index in [1.807, 2.05) is 24.3 Å². The highest BCUT2D eigenvalue weighted by atomic mass is 32.1. The van der Waals surface area contributed by atoms with Crippen LogP contribution in [0.1, 0.15) is 18.6 Å². The molecule has 2 heterocycles. The number of hydrogen-bond acceptors (Lipinski definition) is 6. The van der Waals surface area contributed by atoms with Crippen LogP contribution in [-0.4, -0.2) is 31.6 Å². The van der Waals surface area contributed by atoms with Gasteiger partial charge in [0, 0.05) is 13.8 Å². The Morgan fingerprint density at radius 3 is 2.67 bits per heavy atom. The van der Waals surface area contributed by atoms with Crippen LogP contribution >= 0.6 is 11.3 Å². The van der Waals surface area contributed by atoms with Crippen LogP contribution in [0.2, 0.25) is 0 Å². The highest BCUT2D eigenvalue weighted by molar-refractivity contribution is 7.18. The number of aromatic nitrogens is 4. The normalized spacial score (nSPS) is 10.8. The highest BCUT2D eigenvalue weighted by Gasteiger charge is 2.19. The zero-order valence-electron chi connectivity index (χ0n) is 11.3. The van der Waals surface area contributed by atoms with Crippen molar-refractivity contribution in [3.05, 3.63) is 24.3 Å². The number of anilines is 1. The summed E-state index contributed by atoms with van der Waals surface area (Å²) in [5.74, 6) is 0.0468. The van der Waals surface area contributed by atoms with Gasteiger partial charge < -0.3 is 5.32 Å². The number of hydrogen-bond donors (Lipinski definition) is 1. The fourth-order valence-corrected chi connectivity index (χ4v) is 2.77. The topological polar surface area (TPSA) is 89.8 Å². The van der Waals surface area contributed by atoms with Crippen molar-refractivity contribution in [2.45, 2.75) is 13.8 Å². The lowest BCUT2D eigenvalue weighted by Gasteiger charge is -2.00. The molecule has 106 valence electrons. The number of carbonyl (C=O) groups is 2. The lowest BCUT2D eigenvalue weighted by molar-refractivity contribution is -0.114. The SMILES string of the molecule is CC(=O)Nc1nnc(-c2nc3ccccc3n2C(C)=O)s1. The number of rotatable bonds is 2. The Morgan fingerprint density at radius 2 is 1.95 bits per heavy atom. The summed E-state index contributed by atoms with van der Waals surface area (Å²) in [6.07, 6.45) is 0. The van der Waals surface area contributed by atoms with Crippen LogP contribution in [0, 0.1) is 0 Å². The number of fused-ring (bicyclic) bond motifs is 1. The van der Waals surface area contributed by atoms with Crippen LogP contribution in [0.3, 0.4) is 0 Å². The maximum Gasteiger partial charge on any atom is 0.229 e. The average molecular weight is 301 g/mol. The highest BCUT2D eigenvalue weighted by Crippen LogP contribution is 2.28. The molecule has 21 heavy (non-hydrogen) atoms. The van der Waals surface area contributed by atoms with Gasteiger partial charge in [-0.2, -0.15) is 0 Å². The van der Waals surface area contributed by atoms with Gasteiger partial charge >= 0.3 is 0 Å². The lowest BCUT2D eigenvalue weighted by atomic mass is 10.3. The molecule has 0 fully saturated rings. The Balaban J connectivity index is 2.15. The molecule has 2 aromatic heterocycles. The molecule has 0 radical (unpaired) electrons. The predicted molar refractivity (Wildman–Crippen MR) is 79.2 cm³/mol. The summed E-state index contributed by atoms with van der Waals surface area (Å²) in [7, 11) is 0. The summed E-state index contributed by atoms with van der Waals surface area (Å²) in [6, 6.07) is 7.35. The monoisotopic (exact) mass is 301 g/mol. The van der Waals surface area contributed by atoms with E-state index in [1.165, 1.54) is 29.8 Å². The molecule has 8 heteroatoms. The van der Waals surface area contributed by atoms with Crippen molar-refractivity contribution in [2.24, 2.45) is 0 Å². The summed E-state index contributed by atoms with van der Waals surface area (Å²) in [4.78, 5) is 27.4. The van der Waals surface area contributed by atoms with Gasteiger partial charge in [-0.3, -0.25) is 14.2 Å². The van der Waals surface area contributed by atoms with E-state index >= 15 is 0 Å². The van der Waals surface area contributed by atoms with Crippen LogP contribution in [0.4, 0.5) is 5.13 Å². The fourth-order valence-electron chi connectivity index (χ4n) is 2.00. The smallest absolute Gasteiger partial charge is 0.229 e. The minimum atomic E-state index is -0.224. The van der Waals surface area contributed by atoms with E-state index in [9.17, 15) is 9.59 Å². The van der Waals surface area contributed by atoms with Crippen molar-refractivity contribution in [1.29, 1.82) is 0 Å². The maximum absolute atomic E-state index is 11.9. The molecule has 1 amide bonds. The van der Waals surface area contributed by atoms with E-state index in [2.05, 4.69) is 20.5 Å². The summed E-state index contributed by atoms with van der Waals surface area (Å²) >= 11 is 1.17. The van der Waals surface area contributed by atoms with E-state index in [-0.39, 0.29) is 11.8 Å². The first-order chi connectivity index (χ1) is 10.1. The molecule has 0 saturated heterocycles. The van der Waals surface area contributed by atoms with Gasteiger partial charge in [0.1, 0.15) is 0 Å². The molecule has 7 nitrogen and oxygen atoms in total. The predicted octanol–water partition coefficient (Wildman–Crippen LogP) is 2.17. The minimum absolute atomic E-state index is 0.157. The van der Waals surface area contributed by atoms with Gasteiger partial charge in [-0.15, -0.1) is 10.2 Å². The molecule has 3 aromatic rings. The molecule has 0 aliphatic heterocycles. The van der Waals surface area contributed by atoms with Crippen LogP contribution < -0.4 is 5.32 Å². The minimum Gasteiger partial charge on any atom is -0.301 e. The summed E-state index contributed by atoms with van der Waals surface area (Å²) in [5, 5.41) is 11.3. The zero-order valence-corrected chi connectivity index (χ0v) is 12.1. The number of nitrogens with one attached hydrogen (secondary N) is 1. The van der Waals surface area contributed by atoms with Crippen molar-refractivity contribution < 1.29 is 9.59 Å². The van der Waals surface area contributed by atoms with Crippen molar-refractivity contribution >= 4 is 39.3 Å². The van der Waals surface area contributed by atoms with Gasteiger partial charge in [0.25, 0.3) is 0 Å². The van der Waals surface area contributed by atoms with Gasteiger partial charge in [-0.25, -0.2) is 4.98 Å². The third-order valence-corrected chi connectivity index (χ3v) is 3.61. The van der Waals surface area contributed by atoms with E-state index in [0.717, 1.165) is 5.52 Å². The van der Waals surface area contributed by atoms with Gasteiger partial charge in [0.05, 0.1) is 11.0 Å². The van der Waals surface area contributed by atoms with Crippen LogP contribution in [0.15, 0.2) is 24.3 Å². The molecule has 0 aliphatic carbocycles. The van der Waals surface area contributed by atoms with E-state index in [4.69, 9.17) is 0 Å². The standard InChI is InChI=1S/C13H11N5O2S/c1-7(19)14-13-17-16-12(21-13)11-15-9-5-3-4-6-10(9)18(11)8(2)20/h3-6H,1-2H3,(H,14,17,19). The molecule has 1 N–H and O–H groups in total. The molecule has 0 saturated carbocycles. The molecule has 0 atom stereocenters. The largest absolute Gasteiger partial charge is 0.301 e. The van der Waals surface area contributed by atoms with Gasteiger partial charge in [0.2, 0.25) is 16.9 Å². The number of carbonyl (C=O) groups excluding carboxylic acids is 2. The number of nitrogens with zero attached hydrogens (tertiary/aromatic N) is 4. The second-order valence-corrected chi connectivity index (χ2v) is 5.35. The molecule has 1 aromatic carbocycles. The van der Waals surface area contributed by atoms with Crippen molar-refractivity contribution in [1.82, 2.24) is 19.7 Å². The van der Waals surface area contributed by atoms with Crippen molar-refractivity contribution in [2.75, 3.05) is 5.32 Å². The molecular weight excluding hydrogens is 290 g/mol. The Bertz CT molecular complexity index is 851. The van der Waals surface area contributed by atoms with Crippen LogP contribution in [0.5, 0.6) is 0 Å². The molecule has 0 spiro atoms. The lowest BCUT2D eigenvalue weighted by Crippen LogP contribution is -2.07. The second kappa shape index (κ2) is 5.06. The molecule has 0 unspecified atom stereocenters. The Kier molecular flexibility index (Phi) is 3.22. The van der Waals surface area contributed by atoms with Crippen LogP contribution in [0.25, 0.3) is 21.9 Å². The summed E-state index contributed by atoms with van der Waals surface area (Å²) in [5.41, 5.74) is 1.43. The third-order valence-electron chi connectivity index (χ3n) is 2.77. The summed E-state index contributed by atoms with van der Waals surface area (Å²) < 4.78 is 1.49. The maximum atomic E-state index is 11.9. The summed E-state index contributed by atoms with van der Waals surface area (Å²) in [6.45, 7) is 2.86. The molecule has 0 bridgehead atoms. The Labute approximate surface area is 123 Å². The zero-order chi connectivity index (χ0) is 15.0. The van der Waals surface area contributed by atoms with E-state index in [1.54, 1.807) is 0 Å². The molecular formula is C13H11N5O2S. The van der Waals surface area contributed by atoms with Crippen molar-refractivity contribution in [3.63, 3.8) is 0 Å². The Morgan fingerprint density at radius 1 is 1.19 bits per heavy atom. The quantitative estimate of drug-likeness (QED) is 0.783. The number of para-hydroxylation sites is 2.